The van der Waals surface area contributed by atoms with Gasteiger partial charge in [-0.25, -0.2) is 0 Å². The van der Waals surface area contributed by atoms with Crippen molar-refractivity contribution in [2.24, 2.45) is 0 Å². The fourth-order valence-corrected chi connectivity index (χ4v) is 2.10. The van der Waals surface area contributed by atoms with Crippen LogP contribution in [0.1, 0.15) is 19.8 Å². The highest BCUT2D eigenvalue weighted by molar-refractivity contribution is 5.91. The first-order valence-corrected chi connectivity index (χ1v) is 7.17. The van der Waals surface area contributed by atoms with E-state index in [1.54, 1.807) is 6.33 Å². The fraction of sp³-hybridized carbons (Fsp3) is 0.400. The normalized spacial score (nSPS) is 10.6. The van der Waals surface area contributed by atoms with Crippen LogP contribution >= 0.6 is 0 Å². The Morgan fingerprint density at radius 3 is 3.00 bits per heavy atom. The summed E-state index contributed by atoms with van der Waals surface area (Å²) in [6.07, 6.45) is 3.04. The van der Waals surface area contributed by atoms with Crippen molar-refractivity contribution in [1.29, 1.82) is 0 Å². The molecule has 6 heteroatoms. The molecule has 2 rings (SSSR count). The molecule has 0 fully saturated rings. The lowest BCUT2D eigenvalue weighted by atomic mass is 10.2. The third kappa shape index (κ3) is 4.13. The highest BCUT2D eigenvalue weighted by Gasteiger charge is 2.08. The van der Waals surface area contributed by atoms with Crippen molar-refractivity contribution < 1.29 is 4.79 Å². The Balaban J connectivity index is 2.06. The zero-order valence-corrected chi connectivity index (χ0v) is 12.5. The standard InChI is InChI=1S/C15H21N5O/c1-3-20-11-17-19-15(20)12-6-4-7-13(10-12)18-14(21)8-5-9-16-2/h4,6-7,10-11,16H,3,5,8-9H2,1-2H3,(H,18,21). The molecule has 112 valence electrons. The van der Waals surface area contributed by atoms with Gasteiger partial charge < -0.3 is 15.2 Å². The number of carbonyl (C=O) groups excluding carboxylic acids is 1. The number of hydrogen-bond donors (Lipinski definition) is 2. The van der Waals surface area contributed by atoms with Crippen molar-refractivity contribution in [3.8, 4) is 11.4 Å². The molecule has 1 aromatic heterocycles. The van der Waals surface area contributed by atoms with E-state index < -0.39 is 0 Å². The first-order chi connectivity index (χ1) is 10.2. The number of aryl methyl sites for hydroxylation is 1. The maximum Gasteiger partial charge on any atom is 0.224 e. The van der Waals surface area contributed by atoms with Crippen LogP contribution in [0.4, 0.5) is 5.69 Å². The van der Waals surface area contributed by atoms with Gasteiger partial charge in [0, 0.05) is 24.2 Å². The van der Waals surface area contributed by atoms with Gasteiger partial charge in [0.2, 0.25) is 5.91 Å². The fourth-order valence-electron chi connectivity index (χ4n) is 2.10. The largest absolute Gasteiger partial charge is 0.326 e. The van der Waals surface area contributed by atoms with E-state index in [0.717, 1.165) is 36.6 Å². The predicted octanol–water partition coefficient (Wildman–Crippen LogP) is 1.90. The van der Waals surface area contributed by atoms with Gasteiger partial charge in [-0.05, 0) is 39.1 Å². The third-order valence-corrected chi connectivity index (χ3v) is 3.19. The number of amides is 1. The van der Waals surface area contributed by atoms with E-state index in [9.17, 15) is 4.79 Å². The average Bonchev–Trinajstić information content (AvgIpc) is 2.96. The molecule has 6 nitrogen and oxygen atoms in total. The Morgan fingerprint density at radius 2 is 2.24 bits per heavy atom. The molecule has 0 aliphatic rings. The van der Waals surface area contributed by atoms with Gasteiger partial charge >= 0.3 is 0 Å². The lowest BCUT2D eigenvalue weighted by molar-refractivity contribution is -0.116. The molecule has 0 saturated carbocycles. The summed E-state index contributed by atoms with van der Waals surface area (Å²) in [5, 5.41) is 14.0. The monoisotopic (exact) mass is 287 g/mol. The van der Waals surface area contributed by atoms with E-state index in [1.165, 1.54) is 0 Å². The van der Waals surface area contributed by atoms with Crippen molar-refractivity contribution in [2.45, 2.75) is 26.3 Å². The molecule has 1 heterocycles. The third-order valence-electron chi connectivity index (χ3n) is 3.19. The average molecular weight is 287 g/mol. The molecular formula is C15H21N5O. The lowest BCUT2D eigenvalue weighted by Gasteiger charge is -2.08. The summed E-state index contributed by atoms with van der Waals surface area (Å²) in [5.41, 5.74) is 1.73. The molecule has 1 amide bonds. The van der Waals surface area contributed by atoms with E-state index in [4.69, 9.17) is 0 Å². The van der Waals surface area contributed by atoms with Crippen LogP contribution < -0.4 is 10.6 Å². The molecule has 0 saturated heterocycles. The Morgan fingerprint density at radius 1 is 1.38 bits per heavy atom. The predicted molar refractivity (Wildman–Crippen MR) is 82.9 cm³/mol. The van der Waals surface area contributed by atoms with Crippen LogP contribution in [0.2, 0.25) is 0 Å². The highest BCUT2D eigenvalue weighted by Crippen LogP contribution is 2.20. The number of nitrogens with zero attached hydrogens (tertiary/aromatic N) is 3. The van der Waals surface area contributed by atoms with Crippen molar-refractivity contribution in [3.05, 3.63) is 30.6 Å². The van der Waals surface area contributed by atoms with Crippen LogP contribution in [0.15, 0.2) is 30.6 Å². The van der Waals surface area contributed by atoms with Crippen LogP contribution in [0.5, 0.6) is 0 Å². The summed E-state index contributed by atoms with van der Waals surface area (Å²) in [6.45, 7) is 3.69. The van der Waals surface area contributed by atoms with Crippen LogP contribution in [0, 0.1) is 0 Å². The summed E-state index contributed by atoms with van der Waals surface area (Å²) >= 11 is 0. The van der Waals surface area contributed by atoms with Crippen molar-refractivity contribution >= 4 is 11.6 Å². The van der Waals surface area contributed by atoms with E-state index in [2.05, 4.69) is 20.8 Å². The van der Waals surface area contributed by atoms with Crippen LogP contribution in [-0.2, 0) is 11.3 Å². The van der Waals surface area contributed by atoms with Crippen LogP contribution in [0.3, 0.4) is 0 Å². The smallest absolute Gasteiger partial charge is 0.224 e. The van der Waals surface area contributed by atoms with E-state index in [0.29, 0.717) is 6.42 Å². The zero-order valence-electron chi connectivity index (χ0n) is 12.5. The summed E-state index contributed by atoms with van der Waals surface area (Å²) in [4.78, 5) is 11.8. The summed E-state index contributed by atoms with van der Waals surface area (Å²) in [5.74, 6) is 0.836. The van der Waals surface area contributed by atoms with Gasteiger partial charge in [-0.2, -0.15) is 0 Å². The molecule has 2 aromatic rings. The molecule has 1 aromatic carbocycles. The van der Waals surface area contributed by atoms with E-state index in [1.807, 2.05) is 42.8 Å². The Bertz CT molecular complexity index is 593. The number of aromatic nitrogens is 3. The van der Waals surface area contributed by atoms with Gasteiger partial charge in [0.1, 0.15) is 6.33 Å². The molecule has 0 atom stereocenters. The second kappa shape index (κ2) is 7.54. The summed E-state index contributed by atoms with van der Waals surface area (Å²) < 4.78 is 1.97. The first kappa shape index (κ1) is 15.2. The molecule has 21 heavy (non-hydrogen) atoms. The van der Waals surface area contributed by atoms with Crippen LogP contribution in [-0.4, -0.2) is 34.3 Å². The second-order valence-corrected chi connectivity index (χ2v) is 4.78. The lowest BCUT2D eigenvalue weighted by Crippen LogP contribution is -2.15. The highest BCUT2D eigenvalue weighted by atomic mass is 16.1. The quantitative estimate of drug-likeness (QED) is 0.763. The first-order valence-electron chi connectivity index (χ1n) is 7.17. The van der Waals surface area contributed by atoms with Gasteiger partial charge in [-0.1, -0.05) is 12.1 Å². The minimum atomic E-state index is 0.0272. The molecule has 0 radical (unpaired) electrons. The molecule has 0 spiro atoms. The Labute approximate surface area is 124 Å². The van der Waals surface area contributed by atoms with Gasteiger partial charge in [0.25, 0.3) is 0 Å². The number of nitrogens with one attached hydrogen (secondary N) is 2. The van der Waals surface area contributed by atoms with Gasteiger partial charge in [-0.3, -0.25) is 4.79 Å². The zero-order chi connectivity index (χ0) is 15.1. The number of benzene rings is 1. The van der Waals surface area contributed by atoms with Crippen molar-refractivity contribution in [1.82, 2.24) is 20.1 Å². The minimum absolute atomic E-state index is 0.0272. The van der Waals surface area contributed by atoms with Crippen LogP contribution in [0.25, 0.3) is 11.4 Å². The van der Waals surface area contributed by atoms with E-state index >= 15 is 0 Å². The molecule has 0 bridgehead atoms. The Hall–Kier alpha value is -2.21. The topological polar surface area (TPSA) is 71.8 Å². The number of carbonyl (C=O) groups is 1. The minimum Gasteiger partial charge on any atom is -0.326 e. The second-order valence-electron chi connectivity index (χ2n) is 4.78. The SMILES string of the molecule is CCn1cnnc1-c1cccc(NC(=O)CCCNC)c1. The van der Waals surface area contributed by atoms with Gasteiger partial charge in [0.15, 0.2) is 5.82 Å². The molecule has 0 aliphatic heterocycles. The number of anilines is 1. The molecule has 2 N–H and O–H groups in total. The van der Waals surface area contributed by atoms with Crippen molar-refractivity contribution in [3.63, 3.8) is 0 Å². The molecule has 0 aliphatic carbocycles. The van der Waals surface area contributed by atoms with Gasteiger partial charge in [0.05, 0.1) is 0 Å². The van der Waals surface area contributed by atoms with Crippen molar-refractivity contribution in [2.75, 3.05) is 18.9 Å². The number of hydrogen-bond acceptors (Lipinski definition) is 4. The van der Waals surface area contributed by atoms with Gasteiger partial charge in [-0.15, -0.1) is 10.2 Å². The number of rotatable bonds is 7. The maximum absolute atomic E-state index is 11.8. The maximum atomic E-state index is 11.8. The van der Waals surface area contributed by atoms with E-state index in [-0.39, 0.29) is 5.91 Å². The summed E-state index contributed by atoms with van der Waals surface area (Å²) in [7, 11) is 1.88. The molecular weight excluding hydrogens is 266 g/mol. The Kier molecular flexibility index (Phi) is 5.45. The summed E-state index contributed by atoms with van der Waals surface area (Å²) in [6, 6.07) is 7.68. The molecule has 0 unspecified atom stereocenters.